The van der Waals surface area contributed by atoms with Crippen molar-refractivity contribution >= 4 is 35.0 Å². The fourth-order valence-corrected chi connectivity index (χ4v) is 6.82. The summed E-state index contributed by atoms with van der Waals surface area (Å²) in [5, 5.41) is 6.60. The van der Waals surface area contributed by atoms with Crippen LogP contribution in [0.4, 0.5) is 23.1 Å². The van der Waals surface area contributed by atoms with Crippen molar-refractivity contribution in [3.8, 4) is 5.75 Å². The van der Waals surface area contributed by atoms with Gasteiger partial charge < -0.3 is 34.8 Å². The molecular formula is C32H45N7O4. The molecule has 1 aromatic heterocycles. The number of piperidine rings is 1. The Kier molecular flexibility index (Phi) is 8.99. The molecule has 1 aliphatic carbocycles. The molecule has 0 radical (unpaired) electrons. The Morgan fingerprint density at radius 1 is 1.07 bits per heavy atom. The molecule has 1 aromatic carbocycles. The fourth-order valence-electron chi connectivity index (χ4n) is 6.82. The van der Waals surface area contributed by atoms with E-state index in [0.29, 0.717) is 42.2 Å². The Hall–Kier alpha value is -3.44. The van der Waals surface area contributed by atoms with Crippen molar-refractivity contribution in [2.24, 2.45) is 0 Å². The molecule has 11 heteroatoms. The molecule has 4 aliphatic rings. The van der Waals surface area contributed by atoms with Crippen LogP contribution in [0.5, 0.6) is 5.75 Å². The van der Waals surface area contributed by atoms with Gasteiger partial charge in [0.2, 0.25) is 11.9 Å². The van der Waals surface area contributed by atoms with E-state index in [1.807, 2.05) is 18.2 Å². The summed E-state index contributed by atoms with van der Waals surface area (Å²) in [6, 6.07) is 5.75. The molecule has 6 rings (SSSR count). The Balaban J connectivity index is 1.28. The summed E-state index contributed by atoms with van der Waals surface area (Å²) in [7, 11) is 3.92. The number of carbonyl (C=O) groups excluding carboxylic acids is 2. The summed E-state index contributed by atoms with van der Waals surface area (Å²) in [5.74, 6) is 1.82. The van der Waals surface area contributed by atoms with Crippen molar-refractivity contribution in [2.45, 2.75) is 88.9 Å². The highest BCUT2D eigenvalue weighted by Gasteiger charge is 2.41. The van der Waals surface area contributed by atoms with Crippen LogP contribution in [-0.2, 0) is 9.53 Å². The van der Waals surface area contributed by atoms with E-state index in [9.17, 15) is 9.59 Å². The van der Waals surface area contributed by atoms with Gasteiger partial charge in [0.15, 0.2) is 5.82 Å². The van der Waals surface area contributed by atoms with E-state index in [-0.39, 0.29) is 30.0 Å². The van der Waals surface area contributed by atoms with Crippen LogP contribution < -0.4 is 25.2 Å². The van der Waals surface area contributed by atoms with E-state index < -0.39 is 0 Å². The van der Waals surface area contributed by atoms with Crippen molar-refractivity contribution in [3.63, 3.8) is 0 Å². The number of nitrogens with zero attached hydrogens (tertiary/aromatic N) is 5. The molecule has 2 amide bonds. The zero-order chi connectivity index (χ0) is 29.9. The van der Waals surface area contributed by atoms with Gasteiger partial charge in [-0.3, -0.25) is 9.59 Å². The number of benzene rings is 1. The van der Waals surface area contributed by atoms with Gasteiger partial charge >= 0.3 is 0 Å². The van der Waals surface area contributed by atoms with Gasteiger partial charge in [-0.25, -0.2) is 4.98 Å². The third-order valence-electron chi connectivity index (χ3n) is 9.42. The highest BCUT2D eigenvalue weighted by molar-refractivity contribution is 6.04. The van der Waals surface area contributed by atoms with Crippen molar-refractivity contribution in [3.05, 3.63) is 30.0 Å². The highest BCUT2D eigenvalue weighted by atomic mass is 16.5. The van der Waals surface area contributed by atoms with Crippen molar-refractivity contribution < 1.29 is 19.1 Å². The maximum absolute atomic E-state index is 13.3. The SMILES string of the molecule is CC[C@@H]1C(=O)N(C)c2cnc(Nc3ccc(C(=O)NC4CCN(C)CC4)cc3OC3CCOCC3)nc2N1C1CCCC1. The monoisotopic (exact) mass is 591 g/mol. The number of nitrogens with one attached hydrogen (secondary N) is 2. The average molecular weight is 592 g/mol. The van der Waals surface area contributed by atoms with Gasteiger partial charge in [-0.15, -0.1) is 0 Å². The number of likely N-dealkylation sites (N-methyl/N-ethyl adjacent to an activating group) is 1. The maximum Gasteiger partial charge on any atom is 0.251 e. The lowest BCUT2D eigenvalue weighted by Crippen LogP contribution is -2.55. The molecule has 0 unspecified atom stereocenters. The van der Waals surface area contributed by atoms with Crippen LogP contribution in [0.2, 0.25) is 0 Å². The zero-order valence-corrected chi connectivity index (χ0v) is 25.7. The van der Waals surface area contributed by atoms with Gasteiger partial charge in [-0.1, -0.05) is 19.8 Å². The Morgan fingerprint density at radius 3 is 2.53 bits per heavy atom. The number of likely N-dealkylation sites (tertiary alicyclic amines) is 1. The van der Waals surface area contributed by atoms with Gasteiger partial charge in [0.1, 0.15) is 23.6 Å². The number of amides is 2. The van der Waals surface area contributed by atoms with E-state index in [1.54, 1.807) is 18.1 Å². The predicted molar refractivity (Wildman–Crippen MR) is 166 cm³/mol. The summed E-state index contributed by atoms with van der Waals surface area (Å²) in [6.45, 7) is 5.33. The second kappa shape index (κ2) is 13.1. The fraction of sp³-hybridized carbons (Fsp3) is 0.625. The lowest BCUT2D eigenvalue weighted by atomic mass is 10.0. The van der Waals surface area contributed by atoms with Gasteiger partial charge in [0.05, 0.1) is 25.1 Å². The Morgan fingerprint density at radius 2 is 1.81 bits per heavy atom. The Bertz CT molecular complexity index is 1300. The first-order valence-electron chi connectivity index (χ1n) is 16.0. The van der Waals surface area contributed by atoms with E-state index in [0.717, 1.165) is 82.4 Å². The molecule has 3 fully saturated rings. The first-order chi connectivity index (χ1) is 20.9. The molecule has 0 spiro atoms. The minimum Gasteiger partial charge on any atom is -0.488 e. The molecule has 1 saturated carbocycles. The lowest BCUT2D eigenvalue weighted by Gasteiger charge is -2.43. The lowest BCUT2D eigenvalue weighted by molar-refractivity contribution is -0.120. The number of hydrogen-bond donors (Lipinski definition) is 2. The van der Waals surface area contributed by atoms with Crippen LogP contribution in [-0.4, -0.2) is 91.3 Å². The van der Waals surface area contributed by atoms with E-state index >= 15 is 0 Å². The second-order valence-corrected chi connectivity index (χ2v) is 12.4. The summed E-state index contributed by atoms with van der Waals surface area (Å²) in [4.78, 5) is 42.4. The average Bonchev–Trinajstić information content (AvgIpc) is 3.56. The number of hydrogen-bond acceptors (Lipinski definition) is 9. The van der Waals surface area contributed by atoms with E-state index in [1.165, 1.54) is 0 Å². The van der Waals surface area contributed by atoms with Crippen LogP contribution in [0.1, 0.15) is 75.1 Å². The number of ether oxygens (including phenoxy) is 2. The number of anilines is 4. The number of fused-ring (bicyclic) bond motifs is 1. The Labute approximate surface area is 254 Å². The van der Waals surface area contributed by atoms with Crippen LogP contribution >= 0.6 is 0 Å². The number of aromatic nitrogens is 2. The molecule has 1 atom stereocenters. The van der Waals surface area contributed by atoms with Crippen LogP contribution in [0, 0.1) is 0 Å². The first-order valence-corrected chi connectivity index (χ1v) is 16.0. The smallest absolute Gasteiger partial charge is 0.251 e. The van der Waals surface area contributed by atoms with Crippen molar-refractivity contribution in [2.75, 3.05) is 55.5 Å². The predicted octanol–water partition coefficient (Wildman–Crippen LogP) is 4.11. The zero-order valence-electron chi connectivity index (χ0n) is 25.7. The summed E-state index contributed by atoms with van der Waals surface area (Å²) >= 11 is 0. The maximum atomic E-state index is 13.3. The third kappa shape index (κ3) is 6.43. The number of rotatable bonds is 8. The standard InChI is InChI=1S/C32H45N7O4/c1-4-26-31(41)38(3)27-20-33-32(36-29(27)39(26)23-7-5-6-8-23)35-25-10-9-21(19-28(25)43-24-13-17-42-18-14-24)30(40)34-22-11-15-37(2)16-12-22/h9-10,19-20,22-24,26H,4-8,11-18H2,1-3H3,(H,34,40)(H,33,35,36)/t26-/m1/s1. The minimum atomic E-state index is -0.238. The molecule has 232 valence electrons. The molecule has 0 bridgehead atoms. The molecule has 2 saturated heterocycles. The number of carbonyl (C=O) groups is 2. The molecule has 3 aliphatic heterocycles. The molecule has 2 N–H and O–H groups in total. The van der Waals surface area contributed by atoms with Crippen molar-refractivity contribution in [1.82, 2.24) is 20.2 Å². The van der Waals surface area contributed by atoms with Gasteiger partial charge in [0, 0.05) is 37.5 Å². The molecular weight excluding hydrogens is 546 g/mol. The highest BCUT2D eigenvalue weighted by Crippen LogP contribution is 2.40. The van der Waals surface area contributed by atoms with Crippen molar-refractivity contribution in [1.29, 1.82) is 0 Å². The van der Waals surface area contributed by atoms with Gasteiger partial charge in [-0.2, -0.15) is 4.98 Å². The van der Waals surface area contributed by atoms with Crippen LogP contribution in [0.3, 0.4) is 0 Å². The second-order valence-electron chi connectivity index (χ2n) is 12.4. The summed E-state index contributed by atoms with van der Waals surface area (Å²) in [5.41, 5.74) is 1.99. The molecule has 2 aromatic rings. The normalized spacial score (nSPS) is 22.5. The molecule has 43 heavy (non-hydrogen) atoms. The topological polar surface area (TPSA) is 112 Å². The van der Waals surface area contributed by atoms with Gasteiger partial charge in [-0.05, 0) is 70.4 Å². The summed E-state index contributed by atoms with van der Waals surface area (Å²) < 4.78 is 12.0. The quantitative estimate of drug-likeness (QED) is 0.469. The third-order valence-corrected chi connectivity index (χ3v) is 9.42. The first kappa shape index (κ1) is 29.6. The van der Waals surface area contributed by atoms with E-state index in [2.05, 4.69) is 39.4 Å². The van der Waals surface area contributed by atoms with Crippen LogP contribution in [0.15, 0.2) is 24.4 Å². The molecule has 11 nitrogen and oxygen atoms in total. The largest absolute Gasteiger partial charge is 0.488 e. The summed E-state index contributed by atoms with van der Waals surface area (Å²) in [6.07, 6.45) is 10.4. The van der Waals surface area contributed by atoms with Gasteiger partial charge in [0.25, 0.3) is 5.91 Å². The minimum absolute atomic E-state index is 0.00576. The molecule has 4 heterocycles. The van der Waals surface area contributed by atoms with E-state index in [4.69, 9.17) is 14.5 Å². The van der Waals surface area contributed by atoms with Crippen LogP contribution in [0.25, 0.3) is 0 Å².